The van der Waals surface area contributed by atoms with Gasteiger partial charge in [0.1, 0.15) is 11.3 Å². The molecule has 0 aliphatic rings. The van der Waals surface area contributed by atoms with Gasteiger partial charge in [-0.3, -0.25) is 5.32 Å². The highest BCUT2D eigenvalue weighted by atomic mass is 16.5. The topological polar surface area (TPSA) is 45.0 Å². The maximum Gasteiger partial charge on any atom is 0.119 e. The summed E-state index contributed by atoms with van der Waals surface area (Å²) < 4.78 is 5.75. The first kappa shape index (κ1) is 15.5. The maximum absolute atomic E-state index is 9.15. The summed E-state index contributed by atoms with van der Waals surface area (Å²) in [6.45, 7) is 9.54. The highest BCUT2D eigenvalue weighted by Crippen LogP contribution is 2.17. The molecule has 3 heteroatoms. The van der Waals surface area contributed by atoms with Gasteiger partial charge in [-0.05, 0) is 63.4 Å². The van der Waals surface area contributed by atoms with Gasteiger partial charge >= 0.3 is 0 Å². The molecule has 1 aromatic rings. The largest absolute Gasteiger partial charge is 0.494 e. The minimum atomic E-state index is -0.444. The fourth-order valence-electron chi connectivity index (χ4n) is 2.21. The molecule has 0 amide bonds. The van der Waals surface area contributed by atoms with Crippen LogP contribution in [0.1, 0.15) is 37.8 Å². The molecule has 0 fully saturated rings. The van der Waals surface area contributed by atoms with Crippen molar-refractivity contribution in [2.45, 2.75) is 46.1 Å². The van der Waals surface area contributed by atoms with Gasteiger partial charge in [0.05, 0.1) is 12.7 Å². The van der Waals surface area contributed by atoms with Gasteiger partial charge in [-0.1, -0.05) is 13.0 Å². The van der Waals surface area contributed by atoms with E-state index in [4.69, 9.17) is 10.00 Å². The first-order valence-corrected chi connectivity index (χ1v) is 6.86. The van der Waals surface area contributed by atoms with Crippen LogP contribution in [-0.2, 0) is 0 Å². The molecule has 0 aromatic heterocycles. The summed E-state index contributed by atoms with van der Waals surface area (Å²) in [6, 6.07) is 8.54. The number of hydrogen-bond acceptors (Lipinski definition) is 3. The van der Waals surface area contributed by atoms with Gasteiger partial charge in [0, 0.05) is 0 Å². The third-order valence-corrected chi connectivity index (χ3v) is 3.10. The molecule has 0 heterocycles. The lowest BCUT2D eigenvalue weighted by atomic mass is 9.98. The zero-order valence-electron chi connectivity index (χ0n) is 12.4. The third kappa shape index (κ3) is 5.32. The van der Waals surface area contributed by atoms with E-state index < -0.39 is 5.54 Å². The van der Waals surface area contributed by atoms with Crippen molar-refractivity contribution < 1.29 is 4.74 Å². The number of benzene rings is 1. The number of nitrogens with zero attached hydrogens (tertiary/aromatic N) is 1. The van der Waals surface area contributed by atoms with E-state index in [1.165, 1.54) is 11.1 Å². The minimum Gasteiger partial charge on any atom is -0.494 e. The SMILES string of the molecule is CCNC(C)(C#N)CCCOc1cc(C)cc(C)c1. The smallest absolute Gasteiger partial charge is 0.119 e. The van der Waals surface area contributed by atoms with Crippen LogP contribution >= 0.6 is 0 Å². The molecule has 104 valence electrons. The summed E-state index contributed by atoms with van der Waals surface area (Å²) >= 11 is 0. The molecule has 1 N–H and O–H groups in total. The number of ether oxygens (including phenoxy) is 1. The van der Waals surface area contributed by atoms with E-state index in [0.717, 1.165) is 25.1 Å². The van der Waals surface area contributed by atoms with Crippen molar-refractivity contribution >= 4 is 0 Å². The molecule has 0 aliphatic heterocycles. The van der Waals surface area contributed by atoms with Crippen molar-refractivity contribution in [3.63, 3.8) is 0 Å². The summed E-state index contributed by atoms with van der Waals surface area (Å²) in [5, 5.41) is 12.4. The van der Waals surface area contributed by atoms with Gasteiger partial charge in [0.15, 0.2) is 0 Å². The summed E-state index contributed by atoms with van der Waals surface area (Å²) in [7, 11) is 0. The Morgan fingerprint density at radius 2 is 1.89 bits per heavy atom. The second-order valence-electron chi connectivity index (χ2n) is 5.25. The number of aryl methyl sites for hydroxylation is 2. The number of hydrogen-bond donors (Lipinski definition) is 1. The Balaban J connectivity index is 2.40. The molecule has 1 rings (SSSR count). The highest BCUT2D eigenvalue weighted by molar-refractivity contribution is 5.32. The second kappa shape index (κ2) is 7.16. The quantitative estimate of drug-likeness (QED) is 0.765. The van der Waals surface area contributed by atoms with Crippen LogP contribution in [0.5, 0.6) is 5.75 Å². The van der Waals surface area contributed by atoms with Crippen LogP contribution in [0.4, 0.5) is 0 Å². The van der Waals surface area contributed by atoms with Gasteiger partial charge in [-0.2, -0.15) is 5.26 Å². The van der Waals surface area contributed by atoms with Gasteiger partial charge in [0.2, 0.25) is 0 Å². The fraction of sp³-hybridized carbons (Fsp3) is 0.562. The molecule has 0 aliphatic carbocycles. The average Bonchev–Trinajstić information content (AvgIpc) is 2.34. The van der Waals surface area contributed by atoms with Crippen LogP contribution in [0.15, 0.2) is 18.2 Å². The lowest BCUT2D eigenvalue weighted by molar-refractivity contribution is 0.286. The molecule has 1 atom stereocenters. The van der Waals surface area contributed by atoms with Gasteiger partial charge in [0.25, 0.3) is 0 Å². The zero-order valence-corrected chi connectivity index (χ0v) is 12.4. The number of rotatable bonds is 7. The lowest BCUT2D eigenvalue weighted by Crippen LogP contribution is -2.40. The average molecular weight is 260 g/mol. The molecular weight excluding hydrogens is 236 g/mol. The first-order valence-electron chi connectivity index (χ1n) is 6.86. The third-order valence-electron chi connectivity index (χ3n) is 3.10. The molecule has 0 radical (unpaired) electrons. The Hall–Kier alpha value is -1.53. The summed E-state index contributed by atoms with van der Waals surface area (Å²) in [5.41, 5.74) is 1.98. The van der Waals surface area contributed by atoms with Crippen LogP contribution in [0.3, 0.4) is 0 Å². The van der Waals surface area contributed by atoms with Crippen LogP contribution in [0.25, 0.3) is 0 Å². The van der Waals surface area contributed by atoms with E-state index in [1.54, 1.807) is 0 Å². The van der Waals surface area contributed by atoms with Crippen molar-refractivity contribution in [3.05, 3.63) is 29.3 Å². The number of nitriles is 1. The zero-order chi connectivity index (χ0) is 14.3. The summed E-state index contributed by atoms with van der Waals surface area (Å²) in [5.74, 6) is 0.916. The van der Waals surface area contributed by atoms with Crippen molar-refractivity contribution in [3.8, 4) is 11.8 Å². The molecular formula is C16H24N2O. The lowest BCUT2D eigenvalue weighted by Gasteiger charge is -2.22. The molecule has 0 saturated carbocycles. The Kier molecular flexibility index (Phi) is 5.85. The normalized spacial score (nSPS) is 13.6. The molecule has 3 nitrogen and oxygen atoms in total. The van der Waals surface area contributed by atoms with E-state index >= 15 is 0 Å². The van der Waals surface area contributed by atoms with E-state index in [-0.39, 0.29) is 0 Å². The maximum atomic E-state index is 9.15. The second-order valence-corrected chi connectivity index (χ2v) is 5.25. The van der Waals surface area contributed by atoms with Gasteiger partial charge in [-0.25, -0.2) is 0 Å². The van der Waals surface area contributed by atoms with Crippen LogP contribution in [-0.4, -0.2) is 18.7 Å². The Morgan fingerprint density at radius 1 is 1.26 bits per heavy atom. The molecule has 1 unspecified atom stereocenters. The van der Waals surface area contributed by atoms with Crippen molar-refractivity contribution in [2.24, 2.45) is 0 Å². The molecule has 19 heavy (non-hydrogen) atoms. The van der Waals surface area contributed by atoms with Crippen LogP contribution in [0, 0.1) is 25.2 Å². The molecule has 0 bridgehead atoms. The van der Waals surface area contributed by atoms with Crippen molar-refractivity contribution in [1.29, 1.82) is 5.26 Å². The fourth-order valence-corrected chi connectivity index (χ4v) is 2.21. The molecule has 0 spiro atoms. The van der Waals surface area contributed by atoms with Crippen molar-refractivity contribution in [1.82, 2.24) is 5.32 Å². The Labute approximate surface area is 116 Å². The minimum absolute atomic E-state index is 0.444. The van der Waals surface area contributed by atoms with E-state index in [2.05, 4.69) is 31.3 Å². The van der Waals surface area contributed by atoms with E-state index in [0.29, 0.717) is 6.61 Å². The van der Waals surface area contributed by atoms with E-state index in [9.17, 15) is 0 Å². The number of nitrogens with one attached hydrogen (secondary N) is 1. The molecule has 0 saturated heterocycles. The Bertz CT molecular complexity index is 430. The first-order chi connectivity index (χ1) is 8.99. The van der Waals surface area contributed by atoms with Crippen LogP contribution < -0.4 is 10.1 Å². The van der Waals surface area contributed by atoms with Crippen molar-refractivity contribution in [2.75, 3.05) is 13.2 Å². The Morgan fingerprint density at radius 3 is 2.42 bits per heavy atom. The predicted molar refractivity (Wildman–Crippen MR) is 78.3 cm³/mol. The highest BCUT2D eigenvalue weighted by Gasteiger charge is 2.21. The monoisotopic (exact) mass is 260 g/mol. The summed E-state index contributed by atoms with van der Waals surface area (Å²) in [4.78, 5) is 0. The standard InChI is InChI=1S/C16H24N2O/c1-5-18-16(4,12-17)7-6-8-19-15-10-13(2)9-14(3)11-15/h9-11,18H,5-8H2,1-4H3. The van der Waals surface area contributed by atoms with Gasteiger partial charge < -0.3 is 4.74 Å². The van der Waals surface area contributed by atoms with Crippen LogP contribution in [0.2, 0.25) is 0 Å². The van der Waals surface area contributed by atoms with Gasteiger partial charge in [-0.15, -0.1) is 0 Å². The summed E-state index contributed by atoms with van der Waals surface area (Å²) in [6.07, 6.45) is 1.66. The molecule has 1 aromatic carbocycles. The predicted octanol–water partition coefficient (Wildman–Crippen LogP) is 3.35. The van der Waals surface area contributed by atoms with E-state index in [1.807, 2.05) is 26.0 Å².